The van der Waals surface area contributed by atoms with Crippen molar-refractivity contribution in [3.8, 4) is 0 Å². The number of unbranched alkanes of at least 4 members (excludes halogenated alkanes) is 24. The Hall–Kier alpha value is -1.92. The molecule has 0 unspecified atom stereocenters. The van der Waals surface area contributed by atoms with Gasteiger partial charge in [-0.2, -0.15) is 0 Å². The summed E-state index contributed by atoms with van der Waals surface area (Å²) < 4.78 is 11.5. The van der Waals surface area contributed by atoms with Crippen LogP contribution in [0.3, 0.4) is 0 Å². The molecule has 0 aliphatic carbocycles. The summed E-state index contributed by atoms with van der Waals surface area (Å²) in [7, 11) is 0. The molecule has 0 spiro atoms. The fraction of sp³-hybridized carbons (Fsp3) is 0.840. The number of benzene rings is 1. The summed E-state index contributed by atoms with van der Waals surface area (Å²) in [6.07, 6.45) is 38.6. The van der Waals surface area contributed by atoms with Crippen molar-refractivity contribution in [3.63, 3.8) is 0 Å². The highest BCUT2D eigenvalue weighted by molar-refractivity contribution is 6.03. The second kappa shape index (κ2) is 39.9. The van der Waals surface area contributed by atoms with Crippen LogP contribution in [0.1, 0.15) is 241 Å². The van der Waals surface area contributed by atoms with Gasteiger partial charge in [-0.25, -0.2) is 9.59 Å². The normalized spacial score (nSPS) is 11.5. The Labute approximate surface area is 348 Å². The van der Waals surface area contributed by atoms with Gasteiger partial charge < -0.3 is 19.3 Å². The van der Waals surface area contributed by atoms with Gasteiger partial charge in [0.05, 0.1) is 24.3 Å². The van der Waals surface area contributed by atoms with Gasteiger partial charge in [0, 0.05) is 13.1 Å². The Morgan fingerprint density at radius 3 is 0.857 bits per heavy atom. The first-order chi connectivity index (χ1) is 27.6. The molecule has 1 aromatic carbocycles. The van der Waals surface area contributed by atoms with Crippen LogP contribution in [-0.4, -0.2) is 74.2 Å². The standard InChI is InChI=1S/C50H92N2O4/c1-5-9-13-17-21-25-31-39-51(40-32-26-22-18-14-10-6-2)43-35-45-55-49(53)47-37-29-30-38-48(47)50(54)56-46-36-44-52(41-33-27-23-19-15-11-7-3)42-34-28-24-20-16-12-8-4/h29-30,37-38H,5-28,31-36,39-46H2,1-4H3. The van der Waals surface area contributed by atoms with Crippen molar-refractivity contribution in [2.45, 2.75) is 220 Å². The highest BCUT2D eigenvalue weighted by atomic mass is 16.5. The highest BCUT2D eigenvalue weighted by Gasteiger charge is 2.19. The van der Waals surface area contributed by atoms with E-state index in [1.54, 1.807) is 24.3 Å². The Balaban J connectivity index is 2.55. The van der Waals surface area contributed by atoms with Gasteiger partial charge in [0.25, 0.3) is 0 Å². The Morgan fingerprint density at radius 2 is 0.589 bits per heavy atom. The van der Waals surface area contributed by atoms with Gasteiger partial charge in [-0.05, 0) is 76.8 Å². The van der Waals surface area contributed by atoms with Gasteiger partial charge in [-0.1, -0.05) is 194 Å². The Bertz CT molecular complexity index is 902. The van der Waals surface area contributed by atoms with Crippen LogP contribution in [0, 0.1) is 0 Å². The molecule has 0 N–H and O–H groups in total. The van der Waals surface area contributed by atoms with Gasteiger partial charge in [0.2, 0.25) is 0 Å². The highest BCUT2D eigenvalue weighted by Crippen LogP contribution is 2.15. The minimum absolute atomic E-state index is 0.306. The van der Waals surface area contributed by atoms with Gasteiger partial charge >= 0.3 is 11.9 Å². The van der Waals surface area contributed by atoms with Crippen LogP contribution < -0.4 is 0 Å². The molecular weight excluding hydrogens is 693 g/mol. The van der Waals surface area contributed by atoms with Crippen LogP contribution in [0.2, 0.25) is 0 Å². The molecule has 0 aliphatic heterocycles. The number of carbonyl (C=O) groups is 2. The van der Waals surface area contributed by atoms with E-state index in [9.17, 15) is 9.59 Å². The molecule has 0 heterocycles. The summed E-state index contributed by atoms with van der Waals surface area (Å²) in [5, 5.41) is 0. The molecule has 0 aromatic heterocycles. The molecule has 0 amide bonds. The molecule has 6 nitrogen and oxygen atoms in total. The monoisotopic (exact) mass is 785 g/mol. The zero-order chi connectivity index (χ0) is 40.6. The minimum Gasteiger partial charge on any atom is -0.462 e. The lowest BCUT2D eigenvalue weighted by Gasteiger charge is -2.22. The number of esters is 2. The molecule has 56 heavy (non-hydrogen) atoms. The van der Waals surface area contributed by atoms with Crippen molar-refractivity contribution in [1.82, 2.24) is 9.80 Å². The molecule has 326 valence electrons. The van der Waals surface area contributed by atoms with E-state index in [0.717, 1.165) is 52.1 Å². The molecule has 0 saturated carbocycles. The van der Waals surface area contributed by atoms with Gasteiger partial charge in [-0.15, -0.1) is 0 Å². The minimum atomic E-state index is -0.432. The van der Waals surface area contributed by atoms with E-state index in [-0.39, 0.29) is 0 Å². The van der Waals surface area contributed by atoms with Gasteiger partial charge in [-0.3, -0.25) is 0 Å². The van der Waals surface area contributed by atoms with E-state index in [4.69, 9.17) is 9.47 Å². The Morgan fingerprint density at radius 1 is 0.357 bits per heavy atom. The van der Waals surface area contributed by atoms with E-state index in [2.05, 4.69) is 37.5 Å². The van der Waals surface area contributed by atoms with Crippen molar-refractivity contribution in [2.24, 2.45) is 0 Å². The van der Waals surface area contributed by atoms with E-state index in [0.29, 0.717) is 24.3 Å². The predicted octanol–water partition coefficient (Wildman–Crippen LogP) is 14.4. The average Bonchev–Trinajstić information content (AvgIpc) is 3.21. The van der Waals surface area contributed by atoms with Crippen molar-refractivity contribution >= 4 is 11.9 Å². The van der Waals surface area contributed by atoms with Gasteiger partial charge in [0.15, 0.2) is 0 Å². The lowest BCUT2D eigenvalue weighted by molar-refractivity contribution is 0.0440. The summed E-state index contributed by atoms with van der Waals surface area (Å²) >= 11 is 0. The number of ether oxygens (including phenoxy) is 2. The summed E-state index contributed by atoms with van der Waals surface area (Å²) in [5.41, 5.74) is 0.611. The molecule has 0 saturated heterocycles. The predicted molar refractivity (Wildman–Crippen MR) is 241 cm³/mol. The van der Waals surface area contributed by atoms with Crippen LogP contribution in [-0.2, 0) is 9.47 Å². The largest absolute Gasteiger partial charge is 0.462 e. The lowest BCUT2D eigenvalue weighted by Crippen LogP contribution is -2.28. The fourth-order valence-corrected chi connectivity index (χ4v) is 7.74. The molecule has 0 radical (unpaired) electrons. The molecule has 1 rings (SSSR count). The molecule has 0 atom stereocenters. The molecule has 6 heteroatoms. The van der Waals surface area contributed by atoms with E-state index >= 15 is 0 Å². The summed E-state index contributed by atoms with van der Waals surface area (Å²) in [6, 6.07) is 6.98. The van der Waals surface area contributed by atoms with Crippen LogP contribution in [0.5, 0.6) is 0 Å². The van der Waals surface area contributed by atoms with Crippen LogP contribution >= 0.6 is 0 Å². The topological polar surface area (TPSA) is 59.1 Å². The maximum Gasteiger partial charge on any atom is 0.339 e. The van der Waals surface area contributed by atoms with Crippen LogP contribution in [0.25, 0.3) is 0 Å². The number of hydrogen-bond acceptors (Lipinski definition) is 6. The van der Waals surface area contributed by atoms with E-state index < -0.39 is 11.9 Å². The van der Waals surface area contributed by atoms with Gasteiger partial charge in [0.1, 0.15) is 0 Å². The maximum absolute atomic E-state index is 13.2. The third kappa shape index (κ3) is 30.2. The van der Waals surface area contributed by atoms with Crippen LogP contribution in [0.4, 0.5) is 0 Å². The van der Waals surface area contributed by atoms with E-state index in [1.165, 1.54) is 180 Å². The zero-order valence-corrected chi connectivity index (χ0v) is 37.7. The summed E-state index contributed by atoms with van der Waals surface area (Å²) in [6.45, 7) is 16.2. The first-order valence-electron chi connectivity index (χ1n) is 24.4. The van der Waals surface area contributed by atoms with Crippen molar-refractivity contribution in [1.29, 1.82) is 0 Å². The molecule has 1 aromatic rings. The second-order valence-corrected chi connectivity index (χ2v) is 16.7. The fourth-order valence-electron chi connectivity index (χ4n) is 7.74. The van der Waals surface area contributed by atoms with Crippen LogP contribution in [0.15, 0.2) is 24.3 Å². The molecule has 0 aliphatic rings. The summed E-state index contributed by atoms with van der Waals surface area (Å²) in [5.74, 6) is -0.863. The maximum atomic E-state index is 13.2. The summed E-state index contributed by atoms with van der Waals surface area (Å²) in [4.78, 5) is 31.6. The number of nitrogens with zero attached hydrogens (tertiary/aromatic N) is 2. The van der Waals surface area contributed by atoms with Crippen molar-refractivity contribution in [2.75, 3.05) is 52.5 Å². The number of rotatable bonds is 42. The second-order valence-electron chi connectivity index (χ2n) is 16.7. The quantitative estimate of drug-likeness (QED) is 0.0486. The molecular formula is C50H92N2O4. The average molecular weight is 785 g/mol. The third-order valence-electron chi connectivity index (χ3n) is 11.4. The third-order valence-corrected chi connectivity index (χ3v) is 11.4. The molecule has 0 bridgehead atoms. The Kier molecular flexibility index (Phi) is 37.1. The SMILES string of the molecule is CCCCCCCCCN(CCCCCCCCC)CCCOC(=O)c1ccccc1C(=O)OCCCN(CCCCCCCCC)CCCCCCCCC. The number of hydrogen-bond donors (Lipinski definition) is 0. The number of carbonyl (C=O) groups excluding carboxylic acids is 2. The first kappa shape index (κ1) is 52.1. The first-order valence-corrected chi connectivity index (χ1v) is 24.4. The van der Waals surface area contributed by atoms with Crippen molar-refractivity contribution in [3.05, 3.63) is 35.4 Å². The smallest absolute Gasteiger partial charge is 0.339 e. The van der Waals surface area contributed by atoms with E-state index in [1.807, 2.05) is 0 Å². The zero-order valence-electron chi connectivity index (χ0n) is 37.7. The lowest BCUT2D eigenvalue weighted by atomic mass is 10.1. The molecule has 0 fully saturated rings. The van der Waals surface area contributed by atoms with Crippen molar-refractivity contribution < 1.29 is 19.1 Å².